The van der Waals surface area contributed by atoms with Gasteiger partial charge in [0.05, 0.1) is 11.4 Å². The maximum atomic E-state index is 2.65. The van der Waals surface area contributed by atoms with Crippen molar-refractivity contribution in [3.63, 3.8) is 0 Å². The first-order valence-corrected chi connectivity index (χ1v) is 26.2. The minimum atomic E-state index is -0.171. The highest BCUT2D eigenvalue weighted by Gasteiger charge is 2.45. The molecule has 0 aliphatic carbocycles. The van der Waals surface area contributed by atoms with E-state index in [-0.39, 0.29) is 23.0 Å². The van der Waals surface area contributed by atoms with E-state index in [2.05, 4.69) is 278 Å². The van der Waals surface area contributed by atoms with Crippen LogP contribution in [0.2, 0.25) is 0 Å². The number of hydrogen-bond donors (Lipinski definition) is 0. The largest absolute Gasteiger partial charge is 0.311 e. The first-order valence-electron chi connectivity index (χ1n) is 26.2. The van der Waals surface area contributed by atoms with Crippen molar-refractivity contribution in [3.8, 4) is 22.3 Å². The Kier molecular flexibility index (Phi) is 10.1. The minimum absolute atomic E-state index is 0.0347. The van der Waals surface area contributed by atoms with E-state index in [4.69, 9.17) is 0 Å². The second-order valence-electron chi connectivity index (χ2n) is 23.8. The topological polar surface area (TPSA) is 6.48 Å². The number of anilines is 6. The van der Waals surface area contributed by atoms with Crippen LogP contribution < -0.4 is 26.2 Å². The third kappa shape index (κ3) is 7.14. The van der Waals surface area contributed by atoms with Crippen molar-refractivity contribution in [2.75, 3.05) is 9.80 Å². The fourth-order valence-corrected chi connectivity index (χ4v) is 12.3. The first-order chi connectivity index (χ1) is 35.1. The van der Waals surface area contributed by atoms with Crippen molar-refractivity contribution < 1.29 is 0 Å². The predicted octanol–water partition coefficient (Wildman–Crippen LogP) is 17.6. The molecule has 0 spiro atoms. The molecule has 0 saturated carbocycles. The third-order valence-corrected chi connectivity index (χ3v) is 16.0. The summed E-state index contributed by atoms with van der Waals surface area (Å²) >= 11 is 0. The lowest BCUT2D eigenvalue weighted by molar-refractivity contribution is 0.590. The second kappa shape index (κ2) is 16.3. The minimum Gasteiger partial charge on any atom is -0.311 e. The van der Waals surface area contributed by atoms with E-state index in [0.29, 0.717) is 0 Å². The maximum Gasteiger partial charge on any atom is 0.252 e. The molecule has 0 radical (unpaired) electrons. The maximum absolute atomic E-state index is 2.65. The molecular formula is C70H61BN2. The van der Waals surface area contributed by atoms with Crippen LogP contribution in [0.3, 0.4) is 0 Å². The van der Waals surface area contributed by atoms with Crippen molar-refractivity contribution >= 4 is 100 Å². The van der Waals surface area contributed by atoms with Crippen LogP contribution in [0, 0.1) is 0 Å². The Hall–Kier alpha value is -7.88. The summed E-state index contributed by atoms with van der Waals surface area (Å²) in [4.78, 5) is 5.30. The lowest BCUT2D eigenvalue weighted by Crippen LogP contribution is -2.61. The summed E-state index contributed by atoms with van der Waals surface area (Å²) in [7, 11) is 0. The molecule has 2 aliphatic rings. The van der Waals surface area contributed by atoms with E-state index in [0.717, 1.165) is 0 Å². The van der Waals surface area contributed by atoms with Crippen molar-refractivity contribution in [2.24, 2.45) is 0 Å². The van der Waals surface area contributed by atoms with Crippen LogP contribution in [0.25, 0.3) is 65.3 Å². The molecule has 11 aromatic carbocycles. The Labute approximate surface area is 431 Å². The molecular weight excluding hydrogens is 880 g/mol. The summed E-state index contributed by atoms with van der Waals surface area (Å²) in [6.45, 7) is 21.2. The lowest BCUT2D eigenvalue weighted by atomic mass is 9.33. The van der Waals surface area contributed by atoms with Gasteiger partial charge in [-0.05, 0) is 152 Å². The zero-order valence-corrected chi connectivity index (χ0v) is 43.6. The smallest absolute Gasteiger partial charge is 0.252 e. The summed E-state index contributed by atoms with van der Waals surface area (Å²) in [5.41, 5.74) is 20.0. The molecule has 0 saturated heterocycles. The molecule has 354 valence electrons. The van der Waals surface area contributed by atoms with Crippen LogP contribution in [0.4, 0.5) is 34.1 Å². The average molecular weight is 941 g/mol. The zero-order chi connectivity index (χ0) is 50.1. The SMILES string of the molecule is CC(C)(C)c1ccc2c(c1)B1c3cc(C(C)(C)C)ccc3N(c3cccc4c(-c5ccccc5)c5ccccc5cc34)c3cc(C(C)(C)C)cc(c31)N2c1cccc2c(-c3ccccc3)c3ccccc3cc12. The van der Waals surface area contributed by atoms with Crippen LogP contribution in [0.1, 0.15) is 79.0 Å². The number of hydrogen-bond acceptors (Lipinski definition) is 2. The van der Waals surface area contributed by atoms with Crippen molar-refractivity contribution in [3.05, 3.63) is 223 Å². The summed E-state index contributed by atoms with van der Waals surface area (Å²) < 4.78 is 0. The third-order valence-electron chi connectivity index (χ3n) is 16.0. The Balaban J connectivity index is 1.18. The van der Waals surface area contributed by atoms with E-state index in [9.17, 15) is 0 Å². The molecule has 0 N–H and O–H groups in total. The predicted molar refractivity (Wildman–Crippen MR) is 317 cm³/mol. The summed E-state index contributed by atoms with van der Waals surface area (Å²) in [6.07, 6.45) is 0. The molecule has 13 rings (SSSR count). The summed E-state index contributed by atoms with van der Waals surface area (Å²) in [5, 5.41) is 9.96. The fraction of sp³-hybridized carbons (Fsp3) is 0.171. The van der Waals surface area contributed by atoms with Crippen LogP contribution >= 0.6 is 0 Å². The van der Waals surface area contributed by atoms with Gasteiger partial charge in [-0.15, -0.1) is 0 Å². The van der Waals surface area contributed by atoms with Gasteiger partial charge in [0.15, 0.2) is 0 Å². The summed E-state index contributed by atoms with van der Waals surface area (Å²) in [6, 6.07) is 78.6. The van der Waals surface area contributed by atoms with E-state index < -0.39 is 0 Å². The molecule has 2 heterocycles. The lowest BCUT2D eigenvalue weighted by Gasteiger charge is -2.46. The number of fused-ring (bicyclic) bond motifs is 8. The van der Waals surface area contributed by atoms with Crippen molar-refractivity contribution in [2.45, 2.75) is 78.6 Å². The highest BCUT2D eigenvalue weighted by Crippen LogP contribution is 2.51. The van der Waals surface area contributed by atoms with Gasteiger partial charge in [-0.25, -0.2) is 0 Å². The molecule has 3 heteroatoms. The van der Waals surface area contributed by atoms with Gasteiger partial charge in [-0.1, -0.05) is 220 Å². The molecule has 0 aromatic heterocycles. The Morgan fingerprint density at radius 3 is 1.08 bits per heavy atom. The second-order valence-corrected chi connectivity index (χ2v) is 23.8. The summed E-state index contributed by atoms with van der Waals surface area (Å²) in [5.74, 6) is 0. The van der Waals surface area contributed by atoms with Gasteiger partial charge in [-0.3, -0.25) is 0 Å². The highest BCUT2D eigenvalue weighted by molar-refractivity contribution is 7.00. The monoisotopic (exact) mass is 940 g/mol. The Morgan fingerprint density at radius 1 is 0.288 bits per heavy atom. The van der Waals surface area contributed by atoms with Crippen LogP contribution in [0.5, 0.6) is 0 Å². The van der Waals surface area contributed by atoms with E-state index in [1.165, 1.54) is 133 Å². The molecule has 73 heavy (non-hydrogen) atoms. The van der Waals surface area contributed by atoms with E-state index >= 15 is 0 Å². The van der Waals surface area contributed by atoms with Crippen LogP contribution in [-0.4, -0.2) is 6.71 Å². The zero-order valence-electron chi connectivity index (χ0n) is 43.6. The van der Waals surface area contributed by atoms with Gasteiger partial charge in [0.25, 0.3) is 6.71 Å². The number of benzene rings is 11. The molecule has 0 unspecified atom stereocenters. The van der Waals surface area contributed by atoms with Crippen LogP contribution in [0.15, 0.2) is 206 Å². The Bertz CT molecular complexity index is 3780. The normalized spacial score (nSPS) is 13.5. The average Bonchev–Trinajstić information content (AvgIpc) is 3.38. The quantitative estimate of drug-likeness (QED) is 0.128. The fourth-order valence-electron chi connectivity index (χ4n) is 12.3. The molecule has 2 aliphatic heterocycles. The number of rotatable bonds is 4. The van der Waals surface area contributed by atoms with Gasteiger partial charge in [0, 0.05) is 33.5 Å². The molecule has 0 atom stereocenters. The molecule has 0 fully saturated rings. The number of nitrogens with zero attached hydrogens (tertiary/aromatic N) is 2. The van der Waals surface area contributed by atoms with Gasteiger partial charge in [0.2, 0.25) is 0 Å². The van der Waals surface area contributed by atoms with Crippen molar-refractivity contribution in [1.29, 1.82) is 0 Å². The highest BCUT2D eigenvalue weighted by atomic mass is 15.2. The van der Waals surface area contributed by atoms with Gasteiger partial charge < -0.3 is 9.80 Å². The van der Waals surface area contributed by atoms with E-state index in [1.54, 1.807) is 0 Å². The van der Waals surface area contributed by atoms with Gasteiger partial charge >= 0.3 is 0 Å². The molecule has 2 nitrogen and oxygen atoms in total. The van der Waals surface area contributed by atoms with E-state index in [1.807, 2.05) is 0 Å². The molecule has 0 bridgehead atoms. The van der Waals surface area contributed by atoms with Gasteiger partial charge in [0.1, 0.15) is 0 Å². The molecule has 0 amide bonds. The van der Waals surface area contributed by atoms with Crippen molar-refractivity contribution in [1.82, 2.24) is 0 Å². The standard InChI is InChI=1S/C70H61BN2/c1-68(2,3)48-34-36-61-57(40-48)71-58-41-49(69(4,5)6)35-37-62(58)73(60-33-21-31-54-56(60)39-47-27-17-19-29-52(47)66(54)45-24-14-11-15-25-45)64-43-50(70(7,8)9)42-63(67(64)71)72(61)59-32-20-30-53-55(59)38-46-26-16-18-28-51(46)65(53)44-22-12-10-13-23-44/h10-43H,1-9H3. The van der Waals surface area contributed by atoms with Crippen LogP contribution in [-0.2, 0) is 16.2 Å². The Morgan fingerprint density at radius 2 is 0.671 bits per heavy atom. The van der Waals surface area contributed by atoms with Gasteiger partial charge in [-0.2, -0.15) is 0 Å². The molecule has 11 aromatic rings. The first kappa shape index (κ1) is 45.0.